The molecule has 7 nitrogen and oxygen atoms in total. The van der Waals surface area contributed by atoms with E-state index in [9.17, 15) is 31.4 Å². The van der Waals surface area contributed by atoms with E-state index in [1.54, 1.807) is 13.8 Å². The first-order chi connectivity index (χ1) is 13.3. The molecule has 0 amide bonds. The van der Waals surface area contributed by atoms with Crippen LogP contribution >= 0.6 is 0 Å². The lowest BCUT2D eigenvalue weighted by atomic mass is 10.1. The molecule has 1 N–H and O–H groups in total. The molecule has 2 aliphatic heterocycles. The average molecular weight is 427 g/mol. The van der Waals surface area contributed by atoms with E-state index >= 15 is 0 Å². The Labute approximate surface area is 159 Å². The second-order valence-electron chi connectivity index (χ2n) is 7.19. The highest BCUT2D eigenvalue weighted by Gasteiger charge is 2.56. The lowest BCUT2D eigenvalue weighted by Gasteiger charge is -2.24. The van der Waals surface area contributed by atoms with Crippen molar-refractivity contribution < 1.29 is 45.7 Å². The molecule has 4 unspecified atom stereocenters. The maximum Gasteiger partial charge on any atom is 0.433 e. The first-order valence-corrected chi connectivity index (χ1v) is 8.46. The fourth-order valence-electron chi connectivity index (χ4n) is 3.59. The second-order valence-corrected chi connectivity index (χ2v) is 7.19. The number of hydrogen-bond acceptors (Lipinski definition) is 6. The zero-order chi connectivity index (χ0) is 21.4. The van der Waals surface area contributed by atoms with Crippen LogP contribution in [0.4, 0.5) is 26.3 Å². The van der Waals surface area contributed by atoms with Gasteiger partial charge in [0.25, 0.3) is 0 Å². The van der Waals surface area contributed by atoms with E-state index in [0.29, 0.717) is 0 Å². The summed E-state index contributed by atoms with van der Waals surface area (Å²) < 4.78 is 97.3. The summed E-state index contributed by atoms with van der Waals surface area (Å²) in [6.07, 6.45) is -13.2. The van der Waals surface area contributed by atoms with Gasteiger partial charge in [-0.3, -0.25) is 0 Å². The van der Waals surface area contributed by atoms with E-state index in [1.165, 1.54) is 0 Å². The third kappa shape index (κ3) is 3.35. The van der Waals surface area contributed by atoms with Crippen molar-refractivity contribution >= 4 is 11.0 Å². The van der Waals surface area contributed by atoms with Gasteiger partial charge >= 0.3 is 12.4 Å². The van der Waals surface area contributed by atoms with Crippen LogP contribution in [0.25, 0.3) is 11.0 Å². The quantitative estimate of drug-likeness (QED) is 0.743. The monoisotopic (exact) mass is 427 g/mol. The summed E-state index contributed by atoms with van der Waals surface area (Å²) in [6, 6.07) is -0.0541. The first kappa shape index (κ1) is 20.3. The smallest absolute Gasteiger partial charge is 0.394 e. The third-order valence-electron chi connectivity index (χ3n) is 4.71. The van der Waals surface area contributed by atoms with Gasteiger partial charge in [-0.2, -0.15) is 31.4 Å². The Balaban J connectivity index is 1.87. The average Bonchev–Trinajstić information content (AvgIpc) is 3.22. The molecule has 2 fully saturated rings. The molecule has 2 saturated heterocycles. The summed E-state index contributed by atoms with van der Waals surface area (Å²) in [5.41, 5.74) is -3.89. The minimum absolute atomic E-state index is 0.0541. The van der Waals surface area contributed by atoms with Crippen LogP contribution in [0.2, 0.25) is 0 Å². The SMILES string of the molecule is CC1(C)OC2C(CO)OC(n3ncc4c(C(F)(F)F)cc(C(F)(F)F)nc43)C2O1. The number of nitrogens with zero attached hydrogens (tertiary/aromatic N) is 3. The van der Waals surface area contributed by atoms with E-state index in [0.717, 1.165) is 10.9 Å². The number of halogens is 6. The van der Waals surface area contributed by atoms with E-state index in [-0.39, 0.29) is 6.07 Å². The number of ether oxygens (including phenoxy) is 3. The van der Waals surface area contributed by atoms with Gasteiger partial charge in [0.1, 0.15) is 24.0 Å². The van der Waals surface area contributed by atoms with Crippen molar-refractivity contribution in [1.82, 2.24) is 14.8 Å². The molecule has 29 heavy (non-hydrogen) atoms. The molecule has 2 aromatic rings. The van der Waals surface area contributed by atoms with E-state index < -0.39 is 71.6 Å². The molecule has 13 heteroatoms. The number of aromatic nitrogens is 3. The van der Waals surface area contributed by atoms with Crippen molar-refractivity contribution in [1.29, 1.82) is 0 Å². The van der Waals surface area contributed by atoms with Crippen LogP contribution in [0.1, 0.15) is 31.3 Å². The molecule has 2 aromatic heterocycles. The van der Waals surface area contributed by atoms with E-state index in [4.69, 9.17) is 14.2 Å². The molecule has 4 rings (SSSR count). The summed E-state index contributed by atoms with van der Waals surface area (Å²) in [7, 11) is 0. The summed E-state index contributed by atoms with van der Waals surface area (Å²) >= 11 is 0. The molecule has 0 aromatic carbocycles. The highest BCUT2D eigenvalue weighted by Crippen LogP contribution is 2.45. The Morgan fingerprint density at radius 2 is 1.76 bits per heavy atom. The fourth-order valence-corrected chi connectivity index (χ4v) is 3.59. The van der Waals surface area contributed by atoms with Crippen molar-refractivity contribution in [2.75, 3.05) is 6.61 Å². The van der Waals surface area contributed by atoms with Crippen LogP contribution in [0, 0.1) is 0 Å². The minimum Gasteiger partial charge on any atom is -0.394 e. The molecule has 0 bridgehead atoms. The lowest BCUT2D eigenvalue weighted by Crippen LogP contribution is -2.31. The Morgan fingerprint density at radius 3 is 2.34 bits per heavy atom. The van der Waals surface area contributed by atoms with Gasteiger partial charge < -0.3 is 19.3 Å². The van der Waals surface area contributed by atoms with Gasteiger partial charge in [-0.15, -0.1) is 0 Å². The van der Waals surface area contributed by atoms with Gasteiger partial charge in [0.15, 0.2) is 17.7 Å². The van der Waals surface area contributed by atoms with E-state index in [2.05, 4.69) is 10.1 Å². The van der Waals surface area contributed by atoms with Gasteiger partial charge in [-0.05, 0) is 19.9 Å². The zero-order valence-corrected chi connectivity index (χ0v) is 15.0. The second kappa shape index (κ2) is 6.27. The topological polar surface area (TPSA) is 78.6 Å². The van der Waals surface area contributed by atoms with Crippen LogP contribution in [-0.4, -0.2) is 50.6 Å². The van der Waals surface area contributed by atoms with Gasteiger partial charge in [0.2, 0.25) is 0 Å². The molecular weight excluding hydrogens is 412 g/mol. The van der Waals surface area contributed by atoms with Crippen LogP contribution in [0.15, 0.2) is 12.3 Å². The molecule has 0 aliphatic carbocycles. The standard InChI is InChI=1S/C16H15F6N3O4/c1-14(2)28-10-8(5-26)27-13(11(10)29-14)25-12-6(4-23-25)7(15(17,18)19)3-9(24-12)16(20,21)22/h3-4,8,10-11,13,26H,5H2,1-2H3. The predicted molar refractivity (Wildman–Crippen MR) is 82.4 cm³/mol. The van der Waals surface area contributed by atoms with Gasteiger partial charge in [-0.1, -0.05) is 0 Å². The largest absolute Gasteiger partial charge is 0.433 e. The Kier molecular flexibility index (Phi) is 4.39. The van der Waals surface area contributed by atoms with Crippen molar-refractivity contribution in [3.63, 3.8) is 0 Å². The van der Waals surface area contributed by atoms with Crippen LogP contribution in [0.5, 0.6) is 0 Å². The summed E-state index contributed by atoms with van der Waals surface area (Å²) in [6.45, 7) is 2.67. The minimum atomic E-state index is -5.11. The van der Waals surface area contributed by atoms with Crippen molar-refractivity contribution in [2.45, 2.75) is 56.5 Å². The molecule has 2 aliphatic rings. The zero-order valence-electron chi connectivity index (χ0n) is 15.0. The van der Waals surface area contributed by atoms with Gasteiger partial charge in [0.05, 0.1) is 23.8 Å². The van der Waals surface area contributed by atoms with Crippen LogP contribution < -0.4 is 0 Å². The first-order valence-electron chi connectivity index (χ1n) is 8.46. The molecule has 4 heterocycles. The van der Waals surface area contributed by atoms with Gasteiger partial charge in [-0.25, -0.2) is 9.67 Å². The maximum absolute atomic E-state index is 13.4. The highest BCUT2D eigenvalue weighted by molar-refractivity contribution is 5.80. The molecule has 0 spiro atoms. The normalized spacial score (nSPS) is 29.6. The molecule has 4 atom stereocenters. The number of pyridine rings is 1. The number of rotatable bonds is 2. The predicted octanol–water partition coefficient (Wildman–Crippen LogP) is 2.88. The summed E-state index contributed by atoms with van der Waals surface area (Å²) in [5, 5.41) is 12.7. The number of alkyl halides is 6. The van der Waals surface area contributed by atoms with Gasteiger partial charge in [0, 0.05) is 0 Å². The number of aliphatic hydroxyl groups is 1. The number of hydrogen-bond donors (Lipinski definition) is 1. The van der Waals surface area contributed by atoms with Crippen LogP contribution in [-0.2, 0) is 26.6 Å². The lowest BCUT2D eigenvalue weighted by molar-refractivity contribution is -0.201. The van der Waals surface area contributed by atoms with Crippen molar-refractivity contribution in [3.8, 4) is 0 Å². The molecule has 0 saturated carbocycles. The maximum atomic E-state index is 13.4. The van der Waals surface area contributed by atoms with Crippen molar-refractivity contribution in [2.24, 2.45) is 0 Å². The summed E-state index contributed by atoms with van der Waals surface area (Å²) in [5.74, 6) is -1.09. The number of fused-ring (bicyclic) bond motifs is 2. The molecule has 160 valence electrons. The Morgan fingerprint density at radius 1 is 1.10 bits per heavy atom. The fraction of sp³-hybridized carbons (Fsp3) is 0.625. The van der Waals surface area contributed by atoms with Crippen LogP contribution in [0.3, 0.4) is 0 Å². The molecule has 0 radical (unpaired) electrons. The van der Waals surface area contributed by atoms with Crippen molar-refractivity contribution in [3.05, 3.63) is 23.5 Å². The Hall–Kier alpha value is -1.96. The third-order valence-corrected chi connectivity index (χ3v) is 4.71. The Bertz CT molecular complexity index is 941. The highest BCUT2D eigenvalue weighted by atomic mass is 19.4. The summed E-state index contributed by atoms with van der Waals surface area (Å²) in [4.78, 5) is 3.36. The van der Waals surface area contributed by atoms with E-state index in [1.807, 2.05) is 0 Å². The number of aliphatic hydroxyl groups excluding tert-OH is 1. The molecular formula is C16H15F6N3O4.